The highest BCUT2D eigenvalue weighted by molar-refractivity contribution is 6.30. The zero-order valence-corrected chi connectivity index (χ0v) is 15.4. The summed E-state index contributed by atoms with van der Waals surface area (Å²) < 4.78 is 5.87. The van der Waals surface area contributed by atoms with E-state index in [-0.39, 0.29) is 12.5 Å². The summed E-state index contributed by atoms with van der Waals surface area (Å²) in [4.78, 5) is 13.6. The van der Waals surface area contributed by atoms with Gasteiger partial charge in [0, 0.05) is 41.9 Å². The number of ether oxygens (including phenoxy) is 1. The number of anilines is 1. The highest BCUT2D eigenvalue weighted by Gasteiger charge is 2.25. The maximum atomic E-state index is 11.4. The first-order valence-electron chi connectivity index (χ1n) is 8.61. The van der Waals surface area contributed by atoms with E-state index < -0.39 is 5.97 Å². The lowest BCUT2D eigenvalue weighted by Crippen LogP contribution is -2.21. The molecular formula is C20H22ClNO4. The van der Waals surface area contributed by atoms with Gasteiger partial charge in [-0.25, -0.2) is 4.79 Å². The smallest absolute Gasteiger partial charge is 0.336 e. The summed E-state index contributed by atoms with van der Waals surface area (Å²) in [6, 6.07) is 10.9. The number of rotatable bonds is 7. The number of halogens is 1. The van der Waals surface area contributed by atoms with Crippen LogP contribution in [0.15, 0.2) is 36.4 Å². The average Bonchev–Trinajstić information content (AvgIpc) is 3.03. The number of aliphatic hydroxyl groups is 1. The van der Waals surface area contributed by atoms with Gasteiger partial charge in [-0.05, 0) is 42.3 Å². The lowest BCUT2D eigenvalue weighted by molar-refractivity contribution is 0.0696. The van der Waals surface area contributed by atoms with Gasteiger partial charge >= 0.3 is 5.97 Å². The third-order valence-corrected chi connectivity index (χ3v) is 4.81. The molecule has 0 radical (unpaired) electrons. The van der Waals surface area contributed by atoms with Crippen LogP contribution in [0.1, 0.15) is 28.4 Å². The quantitative estimate of drug-likeness (QED) is 0.773. The first kappa shape index (κ1) is 18.5. The third kappa shape index (κ3) is 3.94. The van der Waals surface area contributed by atoms with Crippen LogP contribution in [0, 0.1) is 5.92 Å². The van der Waals surface area contributed by atoms with Crippen molar-refractivity contribution in [3.05, 3.63) is 58.1 Å². The van der Waals surface area contributed by atoms with E-state index in [1.807, 2.05) is 25.1 Å². The maximum absolute atomic E-state index is 11.4. The van der Waals surface area contributed by atoms with Crippen LogP contribution in [0.2, 0.25) is 5.02 Å². The van der Waals surface area contributed by atoms with Crippen molar-refractivity contribution in [2.75, 3.05) is 24.7 Å². The monoisotopic (exact) mass is 375 g/mol. The molecule has 0 saturated carbocycles. The number of carboxylic acid groups (broad SMARTS) is 1. The molecule has 0 aliphatic carbocycles. The molecule has 138 valence electrons. The number of aliphatic hydroxyl groups excluding tert-OH is 1. The predicted octanol–water partition coefficient (Wildman–Crippen LogP) is 3.61. The molecule has 26 heavy (non-hydrogen) atoms. The molecule has 2 aromatic carbocycles. The van der Waals surface area contributed by atoms with Crippen molar-refractivity contribution >= 4 is 23.3 Å². The molecule has 2 aromatic rings. The van der Waals surface area contributed by atoms with Gasteiger partial charge in [0.2, 0.25) is 0 Å². The van der Waals surface area contributed by atoms with Crippen molar-refractivity contribution in [1.29, 1.82) is 0 Å². The van der Waals surface area contributed by atoms with Crippen LogP contribution in [-0.4, -0.2) is 35.9 Å². The number of nitrogens with zero attached hydrogens (tertiary/aromatic N) is 1. The maximum Gasteiger partial charge on any atom is 0.336 e. The van der Waals surface area contributed by atoms with Crippen LogP contribution >= 0.6 is 11.6 Å². The number of fused-ring (bicyclic) bond motifs is 1. The van der Waals surface area contributed by atoms with Crippen LogP contribution in [0.3, 0.4) is 0 Å². The summed E-state index contributed by atoms with van der Waals surface area (Å²) in [5.41, 5.74) is 3.12. The van der Waals surface area contributed by atoms with E-state index in [0.29, 0.717) is 30.2 Å². The first-order valence-corrected chi connectivity index (χ1v) is 8.99. The predicted molar refractivity (Wildman–Crippen MR) is 101 cm³/mol. The Balaban J connectivity index is 1.84. The van der Waals surface area contributed by atoms with E-state index >= 15 is 0 Å². The fraction of sp³-hybridized carbons (Fsp3) is 0.350. The summed E-state index contributed by atoms with van der Waals surface area (Å²) in [7, 11) is 0. The Hall–Kier alpha value is -2.24. The Kier molecular flexibility index (Phi) is 5.69. The normalized spacial score (nSPS) is 14.2. The van der Waals surface area contributed by atoms with Gasteiger partial charge < -0.3 is 19.8 Å². The molecule has 5 nitrogen and oxygen atoms in total. The molecule has 0 bridgehead atoms. The molecule has 1 aliphatic heterocycles. The van der Waals surface area contributed by atoms with Gasteiger partial charge in [0.25, 0.3) is 0 Å². The molecule has 1 heterocycles. The second kappa shape index (κ2) is 7.98. The molecule has 0 fully saturated rings. The minimum Gasteiger partial charge on any atom is -0.493 e. The second-order valence-corrected chi connectivity index (χ2v) is 7.07. The number of carbonyl (C=O) groups is 1. The summed E-state index contributed by atoms with van der Waals surface area (Å²) in [6.07, 6.45) is 0.704. The number of aromatic carboxylic acids is 1. The lowest BCUT2D eigenvalue weighted by Gasteiger charge is -2.22. The molecule has 1 aliphatic rings. The topological polar surface area (TPSA) is 70.0 Å². The minimum atomic E-state index is -0.895. The number of hydrogen-bond donors (Lipinski definition) is 2. The fourth-order valence-corrected chi connectivity index (χ4v) is 3.36. The van der Waals surface area contributed by atoms with Crippen LogP contribution in [0.4, 0.5) is 5.69 Å². The highest BCUT2D eigenvalue weighted by Crippen LogP contribution is 2.34. The number of hydrogen-bond acceptors (Lipinski definition) is 4. The van der Waals surface area contributed by atoms with E-state index in [0.717, 1.165) is 29.1 Å². The van der Waals surface area contributed by atoms with E-state index in [2.05, 4.69) is 4.90 Å². The van der Waals surface area contributed by atoms with Crippen molar-refractivity contribution in [1.82, 2.24) is 0 Å². The minimum absolute atomic E-state index is 0.0455. The van der Waals surface area contributed by atoms with Crippen LogP contribution in [0.5, 0.6) is 5.75 Å². The highest BCUT2D eigenvalue weighted by atomic mass is 35.5. The summed E-state index contributed by atoms with van der Waals surface area (Å²) in [5, 5.41) is 19.2. The van der Waals surface area contributed by atoms with E-state index in [4.69, 9.17) is 16.3 Å². The second-order valence-electron chi connectivity index (χ2n) is 6.63. The Morgan fingerprint density at radius 2 is 2.15 bits per heavy atom. The van der Waals surface area contributed by atoms with Crippen LogP contribution in [0.25, 0.3) is 0 Å². The molecule has 3 rings (SSSR count). The van der Waals surface area contributed by atoms with Gasteiger partial charge in [-0.2, -0.15) is 0 Å². The van der Waals surface area contributed by atoms with E-state index in [9.17, 15) is 15.0 Å². The van der Waals surface area contributed by atoms with Crippen molar-refractivity contribution in [3.8, 4) is 5.75 Å². The Morgan fingerprint density at radius 3 is 2.88 bits per heavy atom. The summed E-state index contributed by atoms with van der Waals surface area (Å²) >= 11 is 6.17. The first-order chi connectivity index (χ1) is 12.5. The van der Waals surface area contributed by atoms with Crippen molar-refractivity contribution in [2.24, 2.45) is 5.92 Å². The van der Waals surface area contributed by atoms with Crippen molar-refractivity contribution < 1.29 is 19.7 Å². The molecular weight excluding hydrogens is 354 g/mol. The summed E-state index contributed by atoms with van der Waals surface area (Å²) in [6.45, 7) is 3.74. The number of benzene rings is 2. The Bertz CT molecular complexity index is 808. The Morgan fingerprint density at radius 1 is 1.35 bits per heavy atom. The molecule has 0 saturated heterocycles. The van der Waals surface area contributed by atoms with Crippen LogP contribution < -0.4 is 9.64 Å². The van der Waals surface area contributed by atoms with Crippen molar-refractivity contribution in [3.63, 3.8) is 0 Å². The fourth-order valence-electron chi connectivity index (χ4n) is 3.17. The van der Waals surface area contributed by atoms with Gasteiger partial charge in [0.05, 0.1) is 12.2 Å². The molecule has 0 amide bonds. The average molecular weight is 376 g/mol. The van der Waals surface area contributed by atoms with Crippen LogP contribution in [-0.2, 0) is 13.0 Å². The standard InChI is InChI=1S/C20H22ClNO4/c1-13(11-23)12-26-19-6-5-15(21)9-14(19)10-22-8-7-16-17(20(24)25)3-2-4-18(16)22/h2-6,9,13,23H,7-8,10-12H2,1H3,(H,24,25)/t13-/m0/s1. The van der Waals surface area contributed by atoms with E-state index in [1.165, 1.54) is 0 Å². The Labute approximate surface area is 157 Å². The largest absolute Gasteiger partial charge is 0.493 e. The SMILES string of the molecule is C[C@@H](CO)COc1ccc(Cl)cc1CN1CCc2c(C(=O)O)cccc21. The zero-order chi connectivity index (χ0) is 18.7. The lowest BCUT2D eigenvalue weighted by atomic mass is 10.1. The van der Waals surface area contributed by atoms with Gasteiger partial charge in [0.1, 0.15) is 5.75 Å². The van der Waals surface area contributed by atoms with Crippen molar-refractivity contribution in [2.45, 2.75) is 19.9 Å². The van der Waals surface area contributed by atoms with E-state index in [1.54, 1.807) is 18.2 Å². The zero-order valence-electron chi connectivity index (χ0n) is 14.6. The van der Waals surface area contributed by atoms with Gasteiger partial charge in [-0.15, -0.1) is 0 Å². The number of carboxylic acids is 1. The van der Waals surface area contributed by atoms with Gasteiger partial charge in [-0.1, -0.05) is 24.6 Å². The third-order valence-electron chi connectivity index (χ3n) is 4.57. The summed E-state index contributed by atoms with van der Waals surface area (Å²) in [5.74, 6) is -0.116. The van der Waals surface area contributed by atoms with Gasteiger partial charge in [0.15, 0.2) is 0 Å². The molecule has 6 heteroatoms. The molecule has 0 unspecified atom stereocenters. The molecule has 0 aromatic heterocycles. The van der Waals surface area contributed by atoms with Gasteiger partial charge in [-0.3, -0.25) is 0 Å². The molecule has 1 atom stereocenters. The molecule has 0 spiro atoms. The molecule has 2 N–H and O–H groups in total.